The minimum Gasteiger partial charge on any atom is -0.368 e. The van der Waals surface area contributed by atoms with Crippen molar-refractivity contribution in [1.82, 2.24) is 10.2 Å². The molecule has 1 atom stereocenters. The lowest BCUT2D eigenvalue weighted by Crippen LogP contribution is -2.63. The Kier molecular flexibility index (Phi) is 4.85. The number of rotatable bonds is 8. The highest BCUT2D eigenvalue weighted by atomic mass is 16.1. The van der Waals surface area contributed by atoms with Gasteiger partial charge in [0.05, 0.1) is 0 Å². The lowest BCUT2D eigenvalue weighted by Gasteiger charge is -2.36. The maximum absolute atomic E-state index is 12.0. The van der Waals surface area contributed by atoms with Crippen molar-refractivity contribution >= 4 is 5.91 Å². The molecule has 1 unspecified atom stereocenters. The maximum atomic E-state index is 12.0. The molecule has 0 saturated heterocycles. The van der Waals surface area contributed by atoms with Gasteiger partial charge in [-0.25, -0.2) is 0 Å². The third-order valence-corrected chi connectivity index (χ3v) is 4.77. The fourth-order valence-electron chi connectivity index (χ4n) is 3.71. The van der Waals surface area contributed by atoms with Gasteiger partial charge in [-0.2, -0.15) is 0 Å². The predicted octanol–water partition coefficient (Wildman–Crippen LogP) is 1.35. The molecule has 3 N–H and O–H groups in total. The van der Waals surface area contributed by atoms with Crippen LogP contribution in [-0.4, -0.2) is 43.0 Å². The van der Waals surface area contributed by atoms with E-state index in [-0.39, 0.29) is 5.91 Å². The monoisotopic (exact) mass is 267 g/mol. The Bertz CT molecular complexity index is 311. The van der Waals surface area contributed by atoms with Gasteiger partial charge in [0.1, 0.15) is 5.54 Å². The summed E-state index contributed by atoms with van der Waals surface area (Å²) in [5.41, 5.74) is 5.23. The standard InChI is InChI=1S/C15H29N3O/c1-3-17-15(14(16)19,13-8-9-13)11-18(2)10-12-6-4-5-7-12/h12-13,17H,3-11H2,1-2H3,(H2,16,19). The maximum Gasteiger partial charge on any atom is 0.239 e. The fourth-order valence-corrected chi connectivity index (χ4v) is 3.71. The summed E-state index contributed by atoms with van der Waals surface area (Å²) < 4.78 is 0. The molecule has 0 radical (unpaired) electrons. The normalized spacial score (nSPS) is 23.7. The number of hydrogen-bond acceptors (Lipinski definition) is 3. The van der Waals surface area contributed by atoms with Crippen LogP contribution in [0.1, 0.15) is 45.4 Å². The average molecular weight is 267 g/mol. The van der Waals surface area contributed by atoms with Crippen molar-refractivity contribution in [1.29, 1.82) is 0 Å². The van der Waals surface area contributed by atoms with Crippen molar-refractivity contribution in [2.45, 2.75) is 51.0 Å². The van der Waals surface area contributed by atoms with Gasteiger partial charge in [-0.3, -0.25) is 4.79 Å². The topological polar surface area (TPSA) is 58.4 Å². The van der Waals surface area contributed by atoms with E-state index in [4.69, 9.17) is 5.73 Å². The Morgan fingerprint density at radius 2 is 1.95 bits per heavy atom. The molecular formula is C15H29N3O. The van der Waals surface area contributed by atoms with Crippen LogP contribution < -0.4 is 11.1 Å². The molecule has 0 heterocycles. The zero-order chi connectivity index (χ0) is 13.9. The minimum absolute atomic E-state index is 0.171. The molecule has 0 aromatic carbocycles. The van der Waals surface area contributed by atoms with Gasteiger partial charge in [-0.05, 0) is 51.1 Å². The quantitative estimate of drug-likeness (QED) is 0.698. The Hall–Kier alpha value is -0.610. The number of nitrogens with zero attached hydrogens (tertiary/aromatic N) is 1. The predicted molar refractivity (Wildman–Crippen MR) is 77.8 cm³/mol. The van der Waals surface area contributed by atoms with E-state index in [1.807, 2.05) is 0 Å². The molecule has 0 aliphatic heterocycles. The molecule has 2 rings (SSSR count). The second kappa shape index (κ2) is 6.23. The summed E-state index contributed by atoms with van der Waals surface area (Å²) in [4.78, 5) is 14.3. The van der Waals surface area contributed by atoms with E-state index in [0.29, 0.717) is 5.92 Å². The second-order valence-electron chi connectivity index (χ2n) is 6.49. The van der Waals surface area contributed by atoms with Crippen LogP contribution in [0.4, 0.5) is 0 Å². The number of amides is 1. The molecule has 1 amide bonds. The van der Waals surface area contributed by atoms with Crippen LogP contribution in [0.15, 0.2) is 0 Å². The molecule has 0 spiro atoms. The molecule has 2 aliphatic carbocycles. The molecule has 2 saturated carbocycles. The lowest BCUT2D eigenvalue weighted by atomic mass is 9.91. The molecule has 19 heavy (non-hydrogen) atoms. The first-order chi connectivity index (χ1) is 9.08. The van der Waals surface area contributed by atoms with Crippen molar-refractivity contribution in [3.63, 3.8) is 0 Å². The minimum atomic E-state index is -0.498. The number of nitrogens with one attached hydrogen (secondary N) is 1. The van der Waals surface area contributed by atoms with Crippen LogP contribution in [-0.2, 0) is 4.79 Å². The number of likely N-dealkylation sites (N-methyl/N-ethyl adjacent to an activating group) is 2. The van der Waals surface area contributed by atoms with Gasteiger partial charge < -0.3 is 16.0 Å². The van der Waals surface area contributed by atoms with Crippen molar-refractivity contribution in [3.8, 4) is 0 Å². The van der Waals surface area contributed by atoms with E-state index in [9.17, 15) is 4.79 Å². The summed E-state index contributed by atoms with van der Waals surface area (Å²) in [5.74, 6) is 1.09. The van der Waals surface area contributed by atoms with Crippen LogP contribution in [0.2, 0.25) is 0 Å². The van der Waals surface area contributed by atoms with E-state index in [1.165, 1.54) is 25.7 Å². The van der Waals surface area contributed by atoms with E-state index >= 15 is 0 Å². The fraction of sp³-hybridized carbons (Fsp3) is 0.933. The van der Waals surface area contributed by atoms with Crippen molar-refractivity contribution in [2.24, 2.45) is 17.6 Å². The highest BCUT2D eigenvalue weighted by Gasteiger charge is 2.49. The Morgan fingerprint density at radius 1 is 1.32 bits per heavy atom. The molecular weight excluding hydrogens is 238 g/mol. The second-order valence-corrected chi connectivity index (χ2v) is 6.49. The largest absolute Gasteiger partial charge is 0.368 e. The summed E-state index contributed by atoms with van der Waals surface area (Å²) in [6.07, 6.45) is 7.70. The van der Waals surface area contributed by atoms with Gasteiger partial charge in [-0.1, -0.05) is 19.8 Å². The van der Waals surface area contributed by atoms with E-state index in [2.05, 4.69) is 24.2 Å². The highest BCUT2D eigenvalue weighted by molar-refractivity contribution is 5.86. The van der Waals surface area contributed by atoms with Crippen LogP contribution in [0.5, 0.6) is 0 Å². The highest BCUT2D eigenvalue weighted by Crippen LogP contribution is 2.40. The molecule has 0 aromatic rings. The molecule has 0 aromatic heterocycles. The Morgan fingerprint density at radius 3 is 2.42 bits per heavy atom. The van der Waals surface area contributed by atoms with Crippen molar-refractivity contribution < 1.29 is 4.79 Å². The van der Waals surface area contributed by atoms with Gasteiger partial charge in [0, 0.05) is 13.1 Å². The molecule has 2 aliphatic rings. The lowest BCUT2D eigenvalue weighted by molar-refractivity contribution is -0.126. The Balaban J connectivity index is 1.95. The number of hydrogen-bond donors (Lipinski definition) is 2. The number of nitrogens with two attached hydrogens (primary N) is 1. The van der Waals surface area contributed by atoms with Gasteiger partial charge >= 0.3 is 0 Å². The van der Waals surface area contributed by atoms with Crippen LogP contribution in [0, 0.1) is 11.8 Å². The third-order valence-electron chi connectivity index (χ3n) is 4.77. The Labute approximate surface area is 117 Å². The molecule has 4 nitrogen and oxygen atoms in total. The number of primary amides is 1. The first kappa shape index (κ1) is 14.8. The summed E-state index contributed by atoms with van der Waals surface area (Å²) in [7, 11) is 2.13. The summed E-state index contributed by atoms with van der Waals surface area (Å²) >= 11 is 0. The van der Waals surface area contributed by atoms with E-state index < -0.39 is 5.54 Å². The van der Waals surface area contributed by atoms with Crippen LogP contribution in [0.3, 0.4) is 0 Å². The molecule has 110 valence electrons. The summed E-state index contributed by atoms with van der Waals surface area (Å²) in [6.45, 7) is 4.72. The zero-order valence-corrected chi connectivity index (χ0v) is 12.5. The van der Waals surface area contributed by atoms with E-state index in [0.717, 1.165) is 38.4 Å². The van der Waals surface area contributed by atoms with Gasteiger partial charge in [0.2, 0.25) is 5.91 Å². The van der Waals surface area contributed by atoms with Crippen LogP contribution in [0.25, 0.3) is 0 Å². The third kappa shape index (κ3) is 3.48. The zero-order valence-electron chi connectivity index (χ0n) is 12.5. The summed E-state index contributed by atoms with van der Waals surface area (Å²) in [6, 6.07) is 0. The first-order valence-electron chi connectivity index (χ1n) is 7.82. The van der Waals surface area contributed by atoms with Crippen molar-refractivity contribution in [2.75, 3.05) is 26.7 Å². The van der Waals surface area contributed by atoms with Gasteiger partial charge in [0.15, 0.2) is 0 Å². The summed E-state index contributed by atoms with van der Waals surface area (Å²) in [5, 5.41) is 3.40. The molecule has 4 heteroatoms. The van der Waals surface area contributed by atoms with Gasteiger partial charge in [-0.15, -0.1) is 0 Å². The van der Waals surface area contributed by atoms with Crippen molar-refractivity contribution in [3.05, 3.63) is 0 Å². The first-order valence-corrected chi connectivity index (χ1v) is 7.82. The van der Waals surface area contributed by atoms with Crippen LogP contribution >= 0.6 is 0 Å². The van der Waals surface area contributed by atoms with E-state index in [1.54, 1.807) is 0 Å². The molecule has 2 fully saturated rings. The smallest absolute Gasteiger partial charge is 0.239 e. The SMILES string of the molecule is CCNC(CN(C)CC1CCCC1)(C(N)=O)C1CC1. The molecule has 0 bridgehead atoms. The van der Waals surface area contributed by atoms with Gasteiger partial charge in [0.25, 0.3) is 0 Å². The number of carbonyl (C=O) groups is 1. The average Bonchev–Trinajstić information content (AvgIpc) is 3.08. The number of carbonyl (C=O) groups excluding carboxylic acids is 1.